The predicted molar refractivity (Wildman–Crippen MR) is 72.7 cm³/mol. The van der Waals surface area contributed by atoms with Crippen LogP contribution in [0.4, 0.5) is 4.79 Å². The lowest BCUT2D eigenvalue weighted by Crippen LogP contribution is -2.65. The van der Waals surface area contributed by atoms with Gasteiger partial charge in [0.2, 0.25) is 0 Å². The van der Waals surface area contributed by atoms with Crippen molar-refractivity contribution in [3.8, 4) is 0 Å². The molecular formula is C13H24N2O5. The van der Waals surface area contributed by atoms with E-state index in [9.17, 15) is 9.59 Å². The highest BCUT2D eigenvalue weighted by atomic mass is 16.5. The molecule has 116 valence electrons. The molecule has 1 heterocycles. The van der Waals surface area contributed by atoms with Gasteiger partial charge in [-0.05, 0) is 20.8 Å². The van der Waals surface area contributed by atoms with Crippen LogP contribution in [0.5, 0.6) is 0 Å². The Morgan fingerprint density at radius 3 is 2.50 bits per heavy atom. The molecular weight excluding hydrogens is 264 g/mol. The predicted octanol–water partition coefficient (Wildman–Crippen LogP) is 0.640. The molecule has 1 N–H and O–H groups in total. The van der Waals surface area contributed by atoms with E-state index < -0.39 is 11.6 Å². The standard InChI is InChI=1S/C13H24N2O5/c1-4-14(6-7-19-5-2)12(18)15-9-13(3,10-15)20-8-11(16)17/h4-10H2,1-3H3,(H,16,17). The summed E-state index contributed by atoms with van der Waals surface area (Å²) in [7, 11) is 0. The van der Waals surface area contributed by atoms with Crippen LogP contribution in [0.2, 0.25) is 0 Å². The number of nitrogens with zero attached hydrogens (tertiary/aromatic N) is 2. The third-order valence-electron chi connectivity index (χ3n) is 3.23. The van der Waals surface area contributed by atoms with E-state index in [2.05, 4.69) is 0 Å². The van der Waals surface area contributed by atoms with Gasteiger partial charge < -0.3 is 24.4 Å². The van der Waals surface area contributed by atoms with Crippen molar-refractivity contribution >= 4 is 12.0 Å². The van der Waals surface area contributed by atoms with Gasteiger partial charge >= 0.3 is 12.0 Å². The molecule has 1 aliphatic rings. The number of carboxylic acids is 1. The first kappa shape index (κ1) is 16.7. The van der Waals surface area contributed by atoms with Crippen LogP contribution in [0.15, 0.2) is 0 Å². The second kappa shape index (κ2) is 7.44. The van der Waals surface area contributed by atoms with Gasteiger partial charge in [-0.3, -0.25) is 0 Å². The van der Waals surface area contributed by atoms with Crippen molar-refractivity contribution in [1.29, 1.82) is 0 Å². The van der Waals surface area contributed by atoms with E-state index in [1.54, 1.807) is 9.80 Å². The molecule has 1 saturated heterocycles. The molecule has 0 aromatic carbocycles. The van der Waals surface area contributed by atoms with Crippen LogP contribution in [0.1, 0.15) is 20.8 Å². The molecule has 1 fully saturated rings. The Morgan fingerprint density at radius 1 is 1.35 bits per heavy atom. The Morgan fingerprint density at radius 2 is 2.00 bits per heavy atom. The van der Waals surface area contributed by atoms with Gasteiger partial charge in [0.25, 0.3) is 0 Å². The van der Waals surface area contributed by atoms with Crippen molar-refractivity contribution in [2.45, 2.75) is 26.4 Å². The van der Waals surface area contributed by atoms with Crippen molar-refractivity contribution in [3.63, 3.8) is 0 Å². The molecule has 1 aliphatic heterocycles. The number of carbonyl (C=O) groups is 2. The van der Waals surface area contributed by atoms with E-state index in [1.807, 2.05) is 20.8 Å². The van der Waals surface area contributed by atoms with Gasteiger partial charge in [-0.2, -0.15) is 0 Å². The molecule has 20 heavy (non-hydrogen) atoms. The Kier molecular flexibility index (Phi) is 6.22. The number of amides is 2. The zero-order valence-electron chi connectivity index (χ0n) is 12.4. The number of aliphatic carboxylic acids is 1. The molecule has 0 aliphatic carbocycles. The summed E-state index contributed by atoms with van der Waals surface area (Å²) in [6, 6.07) is -0.0522. The maximum atomic E-state index is 12.2. The summed E-state index contributed by atoms with van der Waals surface area (Å²) >= 11 is 0. The van der Waals surface area contributed by atoms with E-state index in [4.69, 9.17) is 14.6 Å². The van der Waals surface area contributed by atoms with Crippen LogP contribution in [0.3, 0.4) is 0 Å². The van der Waals surface area contributed by atoms with Crippen LogP contribution in [0.25, 0.3) is 0 Å². The van der Waals surface area contributed by atoms with Crippen molar-refractivity contribution in [2.75, 3.05) is 46.0 Å². The van der Waals surface area contributed by atoms with Crippen LogP contribution < -0.4 is 0 Å². The summed E-state index contributed by atoms with van der Waals surface area (Å²) in [5.41, 5.74) is -0.548. The summed E-state index contributed by atoms with van der Waals surface area (Å²) in [6.45, 7) is 8.50. The number of likely N-dealkylation sites (N-methyl/N-ethyl adjacent to an activating group) is 1. The molecule has 0 bridgehead atoms. The smallest absolute Gasteiger partial charge is 0.329 e. The van der Waals surface area contributed by atoms with Gasteiger partial charge in [0, 0.05) is 19.7 Å². The normalized spacial score (nSPS) is 16.6. The molecule has 1 rings (SSSR count). The highest BCUT2D eigenvalue weighted by molar-refractivity contribution is 5.75. The topological polar surface area (TPSA) is 79.3 Å². The van der Waals surface area contributed by atoms with E-state index in [-0.39, 0.29) is 12.6 Å². The van der Waals surface area contributed by atoms with E-state index in [0.717, 1.165) is 0 Å². The van der Waals surface area contributed by atoms with Gasteiger partial charge in [-0.1, -0.05) is 0 Å². The number of likely N-dealkylation sites (tertiary alicyclic amines) is 1. The van der Waals surface area contributed by atoms with Crippen LogP contribution in [-0.4, -0.2) is 78.5 Å². The van der Waals surface area contributed by atoms with Gasteiger partial charge in [-0.15, -0.1) is 0 Å². The molecule has 0 radical (unpaired) electrons. The molecule has 7 nitrogen and oxygen atoms in total. The van der Waals surface area contributed by atoms with E-state index in [0.29, 0.717) is 39.4 Å². The van der Waals surface area contributed by atoms with E-state index >= 15 is 0 Å². The van der Waals surface area contributed by atoms with Crippen molar-refractivity contribution in [1.82, 2.24) is 9.80 Å². The molecule has 0 saturated carbocycles. The number of rotatable bonds is 8. The number of hydrogen-bond acceptors (Lipinski definition) is 4. The van der Waals surface area contributed by atoms with Crippen molar-refractivity contribution in [2.24, 2.45) is 0 Å². The molecule has 0 spiro atoms. The minimum Gasteiger partial charge on any atom is -0.480 e. The molecule has 0 atom stereocenters. The van der Waals surface area contributed by atoms with Crippen molar-refractivity contribution in [3.05, 3.63) is 0 Å². The highest BCUT2D eigenvalue weighted by Gasteiger charge is 2.43. The van der Waals surface area contributed by atoms with Crippen LogP contribution in [-0.2, 0) is 14.3 Å². The number of ether oxygens (including phenoxy) is 2. The molecule has 0 aromatic heterocycles. The summed E-state index contributed by atoms with van der Waals surface area (Å²) in [6.07, 6.45) is 0. The van der Waals surface area contributed by atoms with Gasteiger partial charge in [0.15, 0.2) is 0 Å². The maximum absolute atomic E-state index is 12.2. The van der Waals surface area contributed by atoms with Crippen LogP contribution in [0, 0.1) is 0 Å². The first-order chi connectivity index (χ1) is 9.41. The second-order valence-corrected chi connectivity index (χ2v) is 5.05. The fourth-order valence-electron chi connectivity index (χ4n) is 2.13. The number of hydrogen-bond donors (Lipinski definition) is 1. The Bertz CT molecular complexity index is 342. The second-order valence-electron chi connectivity index (χ2n) is 5.05. The fourth-order valence-corrected chi connectivity index (χ4v) is 2.13. The van der Waals surface area contributed by atoms with Crippen LogP contribution >= 0.6 is 0 Å². The zero-order valence-corrected chi connectivity index (χ0v) is 12.4. The zero-order chi connectivity index (χ0) is 15.2. The monoisotopic (exact) mass is 288 g/mol. The van der Waals surface area contributed by atoms with Crippen molar-refractivity contribution < 1.29 is 24.2 Å². The summed E-state index contributed by atoms with van der Waals surface area (Å²) < 4.78 is 10.5. The highest BCUT2D eigenvalue weighted by Crippen LogP contribution is 2.25. The SMILES string of the molecule is CCOCCN(CC)C(=O)N1CC(C)(OCC(=O)O)C1. The molecule has 0 aromatic rings. The number of carboxylic acid groups (broad SMARTS) is 1. The Balaban J connectivity index is 2.36. The lowest BCUT2D eigenvalue weighted by molar-refractivity contribution is -0.160. The minimum absolute atomic E-state index is 0.0522. The summed E-state index contributed by atoms with van der Waals surface area (Å²) in [5.74, 6) is -0.997. The minimum atomic E-state index is -0.997. The van der Waals surface area contributed by atoms with E-state index in [1.165, 1.54) is 0 Å². The number of urea groups is 1. The maximum Gasteiger partial charge on any atom is 0.329 e. The quantitative estimate of drug-likeness (QED) is 0.663. The molecule has 7 heteroatoms. The fraction of sp³-hybridized carbons (Fsp3) is 0.846. The summed E-state index contributed by atoms with van der Waals surface area (Å²) in [5, 5.41) is 8.59. The lowest BCUT2D eigenvalue weighted by Gasteiger charge is -2.48. The molecule has 0 unspecified atom stereocenters. The Hall–Kier alpha value is -1.34. The number of carbonyl (C=O) groups excluding carboxylic acids is 1. The first-order valence-corrected chi connectivity index (χ1v) is 6.89. The molecule has 2 amide bonds. The lowest BCUT2D eigenvalue weighted by atomic mass is 9.97. The van der Waals surface area contributed by atoms with Gasteiger partial charge in [0.1, 0.15) is 12.2 Å². The van der Waals surface area contributed by atoms with Gasteiger partial charge in [-0.25, -0.2) is 9.59 Å². The third kappa shape index (κ3) is 4.64. The third-order valence-corrected chi connectivity index (χ3v) is 3.23. The average molecular weight is 288 g/mol. The largest absolute Gasteiger partial charge is 0.480 e. The van der Waals surface area contributed by atoms with Gasteiger partial charge in [0.05, 0.1) is 19.7 Å². The Labute approximate surface area is 119 Å². The first-order valence-electron chi connectivity index (χ1n) is 6.89. The average Bonchev–Trinajstić information content (AvgIpc) is 2.37. The summed E-state index contributed by atoms with van der Waals surface area (Å²) in [4.78, 5) is 26.1.